The van der Waals surface area contributed by atoms with E-state index in [9.17, 15) is 9.59 Å². The number of rotatable bonds is 4. The fraction of sp³-hybridized carbons (Fsp3) is 0.778. The molecule has 1 heterocycles. The number of hydrogen-bond donors (Lipinski definition) is 3. The van der Waals surface area contributed by atoms with Gasteiger partial charge in [-0.25, -0.2) is 4.79 Å². The fourth-order valence-corrected chi connectivity index (χ4v) is 1.43. The van der Waals surface area contributed by atoms with Crippen molar-refractivity contribution in [1.82, 2.24) is 15.5 Å². The van der Waals surface area contributed by atoms with Crippen molar-refractivity contribution in [2.45, 2.75) is 32.0 Å². The zero-order valence-electron chi connectivity index (χ0n) is 9.12. The zero-order chi connectivity index (χ0) is 11.4. The number of likely N-dealkylation sites (N-methyl/N-ethyl adjacent to an activating group) is 1. The van der Waals surface area contributed by atoms with Crippen molar-refractivity contribution < 1.29 is 9.59 Å². The molecule has 2 unspecified atom stereocenters. The summed E-state index contributed by atoms with van der Waals surface area (Å²) in [5.74, 6) is -0.346. The predicted octanol–water partition coefficient (Wildman–Crippen LogP) is -0.789. The Bertz CT molecular complexity index is 256. The monoisotopic (exact) mass is 214 g/mol. The average Bonchev–Trinajstić information content (AvgIpc) is 2.20. The van der Waals surface area contributed by atoms with Crippen LogP contribution in [-0.2, 0) is 4.79 Å². The molecule has 1 fully saturated rings. The Balaban J connectivity index is 2.54. The molecule has 1 aliphatic rings. The Morgan fingerprint density at radius 3 is 2.80 bits per heavy atom. The van der Waals surface area contributed by atoms with Crippen LogP contribution >= 0.6 is 0 Å². The van der Waals surface area contributed by atoms with Gasteiger partial charge in [-0.15, -0.1) is 0 Å². The van der Waals surface area contributed by atoms with Gasteiger partial charge in [-0.3, -0.25) is 10.1 Å². The third-order valence-corrected chi connectivity index (χ3v) is 2.52. The third kappa shape index (κ3) is 2.66. The molecule has 0 aromatic carbocycles. The Morgan fingerprint density at radius 2 is 2.20 bits per heavy atom. The number of nitrogens with two attached hydrogens (primary N) is 1. The molecule has 0 aromatic rings. The third-order valence-electron chi connectivity index (χ3n) is 2.52. The number of hydrogen-bond acceptors (Lipinski definition) is 4. The summed E-state index contributed by atoms with van der Waals surface area (Å²) in [6.07, 6.45) is 1.43. The number of nitrogens with one attached hydrogen (secondary N) is 2. The van der Waals surface area contributed by atoms with E-state index in [4.69, 9.17) is 5.73 Å². The van der Waals surface area contributed by atoms with Crippen LogP contribution < -0.4 is 16.4 Å². The van der Waals surface area contributed by atoms with Gasteiger partial charge in [0, 0.05) is 7.05 Å². The first-order chi connectivity index (χ1) is 7.07. The Labute approximate surface area is 89.2 Å². The molecule has 6 nitrogen and oxygen atoms in total. The molecule has 1 rings (SSSR count). The molecule has 6 heteroatoms. The van der Waals surface area contributed by atoms with Crippen LogP contribution in [0.4, 0.5) is 4.79 Å². The van der Waals surface area contributed by atoms with E-state index in [1.807, 2.05) is 0 Å². The largest absolute Gasteiger partial charge is 0.325 e. The van der Waals surface area contributed by atoms with Crippen molar-refractivity contribution in [2.24, 2.45) is 5.73 Å². The molecule has 0 aromatic heterocycles. The number of amides is 3. The lowest BCUT2D eigenvalue weighted by atomic mass is 10.1. The predicted molar refractivity (Wildman–Crippen MR) is 56.0 cm³/mol. The van der Waals surface area contributed by atoms with Crippen molar-refractivity contribution >= 4 is 11.9 Å². The lowest BCUT2D eigenvalue weighted by Crippen LogP contribution is -2.69. The minimum atomic E-state index is -0.594. The highest BCUT2D eigenvalue weighted by Crippen LogP contribution is 2.04. The van der Waals surface area contributed by atoms with Crippen molar-refractivity contribution in [3.8, 4) is 0 Å². The maximum absolute atomic E-state index is 11.5. The smallest absolute Gasteiger partial charge is 0.310 e. The van der Waals surface area contributed by atoms with Gasteiger partial charge in [0.25, 0.3) is 0 Å². The molecule has 3 amide bonds. The van der Waals surface area contributed by atoms with Crippen LogP contribution in [0.1, 0.15) is 19.8 Å². The van der Waals surface area contributed by atoms with Gasteiger partial charge < -0.3 is 16.0 Å². The molecule has 0 saturated carbocycles. The van der Waals surface area contributed by atoms with Gasteiger partial charge in [0.1, 0.15) is 12.2 Å². The number of carbonyl (C=O) groups is 2. The van der Waals surface area contributed by atoms with Crippen LogP contribution in [-0.4, -0.2) is 42.6 Å². The molecule has 0 spiro atoms. The van der Waals surface area contributed by atoms with Crippen LogP contribution in [0.25, 0.3) is 0 Å². The highest BCUT2D eigenvalue weighted by Gasteiger charge is 2.36. The first kappa shape index (κ1) is 11.9. The lowest BCUT2D eigenvalue weighted by molar-refractivity contribution is -0.125. The van der Waals surface area contributed by atoms with Gasteiger partial charge in [-0.05, 0) is 13.0 Å². The summed E-state index contributed by atoms with van der Waals surface area (Å²) in [5, 5.41) is 5.28. The Morgan fingerprint density at radius 1 is 1.53 bits per heavy atom. The van der Waals surface area contributed by atoms with Gasteiger partial charge in [-0.2, -0.15) is 0 Å². The molecule has 86 valence electrons. The minimum absolute atomic E-state index is 0.346. The normalized spacial score (nSPS) is 26.7. The van der Waals surface area contributed by atoms with Crippen molar-refractivity contribution in [1.29, 1.82) is 0 Å². The summed E-state index contributed by atoms with van der Waals surface area (Å²) < 4.78 is 0. The second-order valence-corrected chi connectivity index (χ2v) is 3.68. The van der Waals surface area contributed by atoms with Crippen LogP contribution in [0.15, 0.2) is 0 Å². The molecule has 4 N–H and O–H groups in total. The van der Waals surface area contributed by atoms with E-state index in [0.29, 0.717) is 0 Å². The van der Waals surface area contributed by atoms with Crippen LogP contribution in [0.3, 0.4) is 0 Å². The van der Waals surface area contributed by atoms with Crippen LogP contribution in [0.2, 0.25) is 0 Å². The van der Waals surface area contributed by atoms with Crippen LogP contribution in [0.5, 0.6) is 0 Å². The molecule has 0 bridgehead atoms. The SMILES string of the molecule is CCCCNC1C(=O)NC(=O)N(C)C1N. The minimum Gasteiger partial charge on any atom is -0.310 e. The molecular formula is C9H18N4O2. The molecule has 15 heavy (non-hydrogen) atoms. The number of imide groups is 1. The van der Waals surface area contributed by atoms with E-state index < -0.39 is 18.2 Å². The number of urea groups is 1. The van der Waals surface area contributed by atoms with Crippen LogP contribution in [0, 0.1) is 0 Å². The van der Waals surface area contributed by atoms with Gasteiger partial charge in [0.05, 0.1) is 0 Å². The van der Waals surface area contributed by atoms with E-state index in [1.54, 1.807) is 7.05 Å². The molecule has 1 saturated heterocycles. The van der Waals surface area contributed by atoms with Gasteiger partial charge in [0.2, 0.25) is 5.91 Å². The summed E-state index contributed by atoms with van der Waals surface area (Å²) in [7, 11) is 1.57. The maximum atomic E-state index is 11.5. The first-order valence-electron chi connectivity index (χ1n) is 5.14. The van der Waals surface area contributed by atoms with E-state index in [2.05, 4.69) is 17.6 Å². The molecule has 2 atom stereocenters. The quantitative estimate of drug-likeness (QED) is 0.535. The summed E-state index contributed by atoms with van der Waals surface area (Å²) >= 11 is 0. The van der Waals surface area contributed by atoms with Gasteiger partial charge >= 0.3 is 6.03 Å². The van der Waals surface area contributed by atoms with E-state index in [1.165, 1.54) is 4.90 Å². The highest BCUT2D eigenvalue weighted by atomic mass is 16.2. The van der Waals surface area contributed by atoms with Crippen molar-refractivity contribution in [3.63, 3.8) is 0 Å². The highest BCUT2D eigenvalue weighted by molar-refractivity contribution is 6.00. The van der Waals surface area contributed by atoms with Crippen molar-refractivity contribution in [3.05, 3.63) is 0 Å². The summed E-state index contributed by atoms with van der Waals surface area (Å²) in [5.41, 5.74) is 5.77. The second kappa shape index (κ2) is 5.09. The lowest BCUT2D eigenvalue weighted by Gasteiger charge is -2.35. The standard InChI is InChI=1S/C9H18N4O2/c1-3-4-5-11-6-7(10)13(2)9(15)12-8(6)14/h6-7,11H,3-5,10H2,1-2H3,(H,12,14,15). The fourth-order valence-electron chi connectivity index (χ4n) is 1.43. The zero-order valence-corrected chi connectivity index (χ0v) is 9.12. The summed E-state index contributed by atoms with van der Waals surface area (Å²) in [6, 6.07) is -0.958. The summed E-state index contributed by atoms with van der Waals surface area (Å²) in [6.45, 7) is 2.79. The van der Waals surface area contributed by atoms with Gasteiger partial charge in [-0.1, -0.05) is 13.3 Å². The maximum Gasteiger partial charge on any atom is 0.325 e. The Hall–Kier alpha value is -1.14. The summed E-state index contributed by atoms with van der Waals surface area (Å²) in [4.78, 5) is 24.0. The van der Waals surface area contributed by atoms with E-state index >= 15 is 0 Å². The average molecular weight is 214 g/mol. The molecule has 0 radical (unpaired) electrons. The second-order valence-electron chi connectivity index (χ2n) is 3.68. The van der Waals surface area contributed by atoms with E-state index in [-0.39, 0.29) is 5.91 Å². The number of carbonyl (C=O) groups excluding carboxylic acids is 2. The van der Waals surface area contributed by atoms with Crippen molar-refractivity contribution in [2.75, 3.05) is 13.6 Å². The molecular weight excluding hydrogens is 196 g/mol. The number of unbranched alkanes of at least 4 members (excludes halogenated alkanes) is 1. The molecule has 0 aliphatic carbocycles. The van der Waals surface area contributed by atoms with E-state index in [0.717, 1.165) is 19.4 Å². The first-order valence-corrected chi connectivity index (χ1v) is 5.14. The molecule has 1 aliphatic heterocycles. The number of nitrogens with zero attached hydrogens (tertiary/aromatic N) is 1. The Kier molecular flexibility index (Phi) is 4.05. The van der Waals surface area contributed by atoms with Gasteiger partial charge in [0.15, 0.2) is 0 Å². The topological polar surface area (TPSA) is 87.5 Å².